The lowest BCUT2D eigenvalue weighted by atomic mass is 10.2. The third-order valence-corrected chi connectivity index (χ3v) is 5.09. The van der Waals surface area contributed by atoms with Gasteiger partial charge in [-0.3, -0.25) is 0 Å². The molecule has 0 N–H and O–H groups in total. The van der Waals surface area contributed by atoms with Crippen molar-refractivity contribution < 1.29 is 4.74 Å². The molecule has 0 saturated heterocycles. The SMILES string of the molecule is C[Si](C)(C)CCOCn1cnc(-c2ccc(Br)cc2)n1. The van der Waals surface area contributed by atoms with E-state index >= 15 is 0 Å². The normalized spacial score (nSPS) is 11.8. The van der Waals surface area contributed by atoms with E-state index in [1.807, 2.05) is 24.3 Å². The molecule has 0 radical (unpaired) electrons. The van der Waals surface area contributed by atoms with Gasteiger partial charge in [-0.2, -0.15) is 0 Å². The van der Waals surface area contributed by atoms with Crippen molar-refractivity contribution in [3.63, 3.8) is 0 Å². The molecule has 0 unspecified atom stereocenters. The minimum atomic E-state index is -1.02. The molecule has 2 rings (SSSR count). The zero-order valence-electron chi connectivity index (χ0n) is 12.1. The summed E-state index contributed by atoms with van der Waals surface area (Å²) >= 11 is 3.42. The molecule has 0 bridgehead atoms. The Bertz CT molecular complexity index is 548. The maximum atomic E-state index is 5.65. The molecule has 0 spiro atoms. The number of aromatic nitrogens is 3. The Balaban J connectivity index is 1.88. The van der Waals surface area contributed by atoms with Gasteiger partial charge in [0.1, 0.15) is 13.1 Å². The summed E-state index contributed by atoms with van der Waals surface area (Å²) in [6.45, 7) is 8.30. The summed E-state index contributed by atoms with van der Waals surface area (Å²) in [5, 5.41) is 4.42. The first-order valence-corrected chi connectivity index (χ1v) is 11.2. The van der Waals surface area contributed by atoms with Gasteiger partial charge in [-0.1, -0.05) is 47.7 Å². The molecule has 1 heterocycles. The summed E-state index contributed by atoms with van der Waals surface area (Å²) in [4.78, 5) is 4.31. The van der Waals surface area contributed by atoms with Crippen LogP contribution in [0.2, 0.25) is 25.7 Å². The van der Waals surface area contributed by atoms with Crippen molar-refractivity contribution in [2.75, 3.05) is 6.61 Å². The third-order valence-electron chi connectivity index (χ3n) is 2.86. The summed E-state index contributed by atoms with van der Waals surface area (Å²) < 4.78 is 8.44. The smallest absolute Gasteiger partial charge is 0.181 e. The topological polar surface area (TPSA) is 39.9 Å². The Labute approximate surface area is 129 Å². The van der Waals surface area contributed by atoms with Crippen LogP contribution in [-0.2, 0) is 11.5 Å². The second kappa shape index (κ2) is 6.65. The Morgan fingerprint density at radius 2 is 1.90 bits per heavy atom. The number of hydrogen-bond donors (Lipinski definition) is 0. The zero-order valence-corrected chi connectivity index (χ0v) is 14.7. The van der Waals surface area contributed by atoms with E-state index in [9.17, 15) is 0 Å². The van der Waals surface area contributed by atoms with E-state index in [4.69, 9.17) is 4.74 Å². The lowest BCUT2D eigenvalue weighted by Crippen LogP contribution is -2.22. The first-order chi connectivity index (χ1) is 9.44. The van der Waals surface area contributed by atoms with Crippen molar-refractivity contribution in [3.05, 3.63) is 35.1 Å². The quantitative estimate of drug-likeness (QED) is 0.581. The van der Waals surface area contributed by atoms with Gasteiger partial charge in [0.05, 0.1) is 0 Å². The van der Waals surface area contributed by atoms with Crippen LogP contribution < -0.4 is 0 Å². The highest BCUT2D eigenvalue weighted by Gasteiger charge is 2.12. The molecule has 0 saturated carbocycles. The van der Waals surface area contributed by atoms with Crippen LogP contribution in [0.25, 0.3) is 11.4 Å². The summed E-state index contributed by atoms with van der Waals surface area (Å²) in [6.07, 6.45) is 1.71. The van der Waals surface area contributed by atoms with Gasteiger partial charge in [0, 0.05) is 24.7 Å². The Kier molecular flexibility index (Phi) is 5.12. The molecule has 20 heavy (non-hydrogen) atoms. The maximum Gasteiger partial charge on any atom is 0.181 e. The molecule has 0 aliphatic heterocycles. The van der Waals surface area contributed by atoms with Gasteiger partial charge in [0.2, 0.25) is 0 Å². The fourth-order valence-corrected chi connectivity index (χ4v) is 2.65. The number of benzene rings is 1. The summed E-state index contributed by atoms with van der Waals surface area (Å²) in [5.41, 5.74) is 1.01. The lowest BCUT2D eigenvalue weighted by molar-refractivity contribution is 0.0785. The van der Waals surface area contributed by atoms with E-state index in [0.29, 0.717) is 6.73 Å². The first kappa shape index (κ1) is 15.4. The van der Waals surface area contributed by atoms with Crippen LogP contribution in [0, 0.1) is 0 Å². The molecule has 0 aliphatic carbocycles. The molecule has 4 nitrogen and oxygen atoms in total. The van der Waals surface area contributed by atoms with E-state index in [0.717, 1.165) is 22.5 Å². The number of ether oxygens (including phenoxy) is 1. The molecular weight excluding hydrogens is 334 g/mol. The first-order valence-electron chi connectivity index (χ1n) is 6.67. The van der Waals surface area contributed by atoms with Crippen LogP contribution in [0.3, 0.4) is 0 Å². The molecule has 2 aromatic rings. The van der Waals surface area contributed by atoms with Crippen molar-refractivity contribution in [1.82, 2.24) is 14.8 Å². The van der Waals surface area contributed by atoms with E-state index in [1.165, 1.54) is 6.04 Å². The fraction of sp³-hybridized carbons (Fsp3) is 0.429. The Hall–Kier alpha value is -0.983. The molecular formula is C14H20BrN3OSi. The van der Waals surface area contributed by atoms with E-state index in [2.05, 4.69) is 45.7 Å². The highest BCUT2D eigenvalue weighted by Crippen LogP contribution is 2.17. The van der Waals surface area contributed by atoms with Crippen molar-refractivity contribution in [2.45, 2.75) is 32.4 Å². The zero-order chi connectivity index (χ0) is 14.6. The van der Waals surface area contributed by atoms with Crippen molar-refractivity contribution >= 4 is 24.0 Å². The molecule has 0 fully saturated rings. The summed E-state index contributed by atoms with van der Waals surface area (Å²) in [6, 6.07) is 9.13. The third kappa shape index (κ3) is 4.85. The van der Waals surface area contributed by atoms with Crippen molar-refractivity contribution in [3.8, 4) is 11.4 Å². The van der Waals surface area contributed by atoms with Gasteiger partial charge < -0.3 is 4.74 Å². The molecule has 0 atom stereocenters. The lowest BCUT2D eigenvalue weighted by Gasteiger charge is -2.15. The van der Waals surface area contributed by atoms with Gasteiger partial charge in [-0.05, 0) is 18.2 Å². The van der Waals surface area contributed by atoms with Crippen LogP contribution in [-0.4, -0.2) is 29.4 Å². The monoisotopic (exact) mass is 353 g/mol. The van der Waals surface area contributed by atoms with Crippen LogP contribution in [0.1, 0.15) is 0 Å². The Morgan fingerprint density at radius 3 is 2.55 bits per heavy atom. The highest BCUT2D eigenvalue weighted by molar-refractivity contribution is 9.10. The van der Waals surface area contributed by atoms with E-state index < -0.39 is 8.07 Å². The largest absolute Gasteiger partial charge is 0.359 e. The minimum absolute atomic E-state index is 0.466. The van der Waals surface area contributed by atoms with E-state index in [1.54, 1.807) is 11.0 Å². The number of nitrogens with zero attached hydrogens (tertiary/aromatic N) is 3. The molecule has 1 aromatic carbocycles. The predicted molar refractivity (Wildman–Crippen MR) is 87.3 cm³/mol. The van der Waals surface area contributed by atoms with Crippen LogP contribution in [0.4, 0.5) is 0 Å². The van der Waals surface area contributed by atoms with Crippen LogP contribution in [0.5, 0.6) is 0 Å². The van der Waals surface area contributed by atoms with Gasteiger partial charge in [-0.25, -0.2) is 9.67 Å². The number of halogens is 1. The molecule has 0 aliphatic rings. The van der Waals surface area contributed by atoms with Crippen LogP contribution in [0.15, 0.2) is 35.1 Å². The standard InChI is InChI=1S/C14H20BrN3OSi/c1-20(2,3)9-8-19-11-18-10-16-14(17-18)12-4-6-13(15)7-5-12/h4-7,10H,8-9,11H2,1-3H3. The maximum absolute atomic E-state index is 5.65. The van der Waals surface area contributed by atoms with E-state index in [-0.39, 0.29) is 0 Å². The second-order valence-electron chi connectivity index (χ2n) is 5.96. The number of hydrogen-bond acceptors (Lipinski definition) is 3. The van der Waals surface area contributed by atoms with Gasteiger partial charge in [0.15, 0.2) is 5.82 Å². The van der Waals surface area contributed by atoms with Gasteiger partial charge in [-0.15, -0.1) is 5.10 Å². The average molecular weight is 354 g/mol. The van der Waals surface area contributed by atoms with Crippen molar-refractivity contribution in [2.24, 2.45) is 0 Å². The molecule has 6 heteroatoms. The fourth-order valence-electron chi connectivity index (χ4n) is 1.62. The minimum Gasteiger partial charge on any atom is -0.359 e. The molecule has 108 valence electrons. The second-order valence-corrected chi connectivity index (χ2v) is 12.5. The van der Waals surface area contributed by atoms with Gasteiger partial charge >= 0.3 is 0 Å². The number of rotatable bonds is 6. The summed E-state index contributed by atoms with van der Waals surface area (Å²) in [5.74, 6) is 0.728. The van der Waals surface area contributed by atoms with Crippen LogP contribution >= 0.6 is 15.9 Å². The average Bonchev–Trinajstić information content (AvgIpc) is 2.83. The van der Waals surface area contributed by atoms with Gasteiger partial charge in [0.25, 0.3) is 0 Å². The molecule has 0 amide bonds. The summed E-state index contributed by atoms with van der Waals surface area (Å²) in [7, 11) is -1.02. The highest BCUT2D eigenvalue weighted by atomic mass is 79.9. The Morgan fingerprint density at radius 1 is 1.20 bits per heavy atom. The predicted octanol–water partition coefficient (Wildman–Crippen LogP) is 4.02. The van der Waals surface area contributed by atoms with Crippen molar-refractivity contribution in [1.29, 1.82) is 0 Å². The molecule has 1 aromatic heterocycles.